The molecule has 1 aromatic heterocycles. The van der Waals surface area contributed by atoms with Crippen LogP contribution in [0.4, 0.5) is 15.1 Å². The third-order valence-corrected chi connectivity index (χ3v) is 7.01. The predicted octanol–water partition coefficient (Wildman–Crippen LogP) is 1.82. The van der Waals surface area contributed by atoms with Crippen LogP contribution < -0.4 is 15.5 Å². The second-order valence-electron chi connectivity index (χ2n) is 8.03. The normalized spacial score (nSPS) is 23.7. The maximum absolute atomic E-state index is 12.1. The van der Waals surface area contributed by atoms with Crippen molar-refractivity contribution >= 4 is 27.6 Å². The first-order chi connectivity index (χ1) is 13.2. The minimum atomic E-state index is -0.154. The molecule has 0 aromatic carbocycles. The van der Waals surface area contributed by atoms with Gasteiger partial charge in [-0.3, -0.25) is 10.2 Å². The monoisotopic (exact) mass is 393 g/mol. The van der Waals surface area contributed by atoms with Gasteiger partial charge in [0.2, 0.25) is 10.3 Å². The van der Waals surface area contributed by atoms with Gasteiger partial charge in [0.15, 0.2) is 0 Å². The minimum absolute atomic E-state index is 0.154. The summed E-state index contributed by atoms with van der Waals surface area (Å²) in [4.78, 5) is 19.5. The molecule has 0 bridgehead atoms. The molecule has 8 nitrogen and oxygen atoms in total. The van der Waals surface area contributed by atoms with Gasteiger partial charge in [0.1, 0.15) is 0 Å². The third kappa shape index (κ3) is 4.89. The molecule has 2 saturated heterocycles. The Morgan fingerprint density at radius 1 is 1.00 bits per heavy atom. The molecule has 2 amide bonds. The highest BCUT2D eigenvalue weighted by Crippen LogP contribution is 2.28. The number of carbonyl (C=O) groups is 1. The quantitative estimate of drug-likeness (QED) is 0.813. The fraction of sp³-hybridized carbons (Fsp3) is 0.833. The maximum atomic E-state index is 12.1. The molecule has 2 N–H and O–H groups in total. The van der Waals surface area contributed by atoms with Crippen LogP contribution in [0, 0.1) is 0 Å². The van der Waals surface area contributed by atoms with Gasteiger partial charge in [0.25, 0.3) is 0 Å². The molecule has 3 fully saturated rings. The molecule has 150 valence electrons. The van der Waals surface area contributed by atoms with Crippen molar-refractivity contribution < 1.29 is 4.79 Å². The van der Waals surface area contributed by atoms with Crippen LogP contribution in [0.3, 0.4) is 0 Å². The average molecular weight is 394 g/mol. The highest BCUT2D eigenvalue weighted by atomic mass is 32.1. The van der Waals surface area contributed by atoms with Gasteiger partial charge in [-0.05, 0) is 32.7 Å². The number of carbonyl (C=O) groups excluding carboxylic acids is 1. The van der Waals surface area contributed by atoms with Crippen LogP contribution in [0.1, 0.15) is 38.5 Å². The molecule has 1 aromatic rings. The van der Waals surface area contributed by atoms with Gasteiger partial charge in [-0.15, -0.1) is 10.2 Å². The smallest absolute Gasteiger partial charge is 0.321 e. The number of piperazine rings is 1. The molecule has 1 aliphatic carbocycles. The largest absolute Gasteiger partial charge is 0.346 e. The fourth-order valence-corrected chi connectivity index (χ4v) is 5.18. The van der Waals surface area contributed by atoms with Gasteiger partial charge in [-0.25, -0.2) is 4.79 Å². The number of urea groups is 1. The molecular weight excluding hydrogens is 362 g/mol. The zero-order valence-corrected chi connectivity index (χ0v) is 17.0. The van der Waals surface area contributed by atoms with E-state index in [-0.39, 0.29) is 6.03 Å². The summed E-state index contributed by atoms with van der Waals surface area (Å²) in [5.41, 5.74) is 0. The van der Waals surface area contributed by atoms with E-state index in [4.69, 9.17) is 0 Å². The number of likely N-dealkylation sites (N-methyl/N-ethyl adjacent to an activating group) is 1. The molecular formula is C18H31N7OS. The lowest BCUT2D eigenvalue weighted by molar-refractivity contribution is 0.0982. The zero-order chi connectivity index (χ0) is 18.6. The lowest BCUT2D eigenvalue weighted by Gasteiger charge is -2.41. The molecule has 3 aliphatic rings. The highest BCUT2D eigenvalue weighted by molar-refractivity contribution is 7.19. The molecule has 2 aliphatic heterocycles. The Balaban J connectivity index is 1.23. The Hall–Kier alpha value is -1.45. The van der Waals surface area contributed by atoms with Gasteiger partial charge in [0, 0.05) is 51.4 Å². The standard InChI is InChI=1S/C18H31N7OS/c1-23-10-12-24(13-11-23)15-6-8-25(9-7-15)18-22-21-17(27-18)20-16(26)19-14-4-2-3-5-14/h14-15H,2-13H2,1H3,(H2,19,20,21,26). The molecule has 0 atom stereocenters. The number of piperidine rings is 1. The van der Waals surface area contributed by atoms with E-state index in [9.17, 15) is 4.79 Å². The third-order valence-electron chi connectivity index (χ3n) is 6.11. The van der Waals surface area contributed by atoms with E-state index >= 15 is 0 Å². The molecule has 27 heavy (non-hydrogen) atoms. The van der Waals surface area contributed by atoms with E-state index in [0.29, 0.717) is 17.2 Å². The van der Waals surface area contributed by atoms with Crippen LogP contribution in [0.5, 0.6) is 0 Å². The zero-order valence-electron chi connectivity index (χ0n) is 16.2. The summed E-state index contributed by atoms with van der Waals surface area (Å²) < 4.78 is 0. The van der Waals surface area contributed by atoms with Crippen LogP contribution in [0.2, 0.25) is 0 Å². The van der Waals surface area contributed by atoms with Crippen molar-refractivity contribution in [2.24, 2.45) is 0 Å². The van der Waals surface area contributed by atoms with E-state index in [2.05, 4.69) is 42.6 Å². The van der Waals surface area contributed by atoms with E-state index in [0.717, 1.165) is 31.1 Å². The fourth-order valence-electron chi connectivity index (χ4n) is 4.39. The average Bonchev–Trinajstić information content (AvgIpc) is 3.35. The Labute approximate surface area is 165 Å². The molecule has 0 spiro atoms. The van der Waals surface area contributed by atoms with E-state index in [1.165, 1.54) is 63.2 Å². The summed E-state index contributed by atoms with van der Waals surface area (Å²) in [5.74, 6) is 0. The second kappa shape index (κ2) is 8.70. The molecule has 9 heteroatoms. The van der Waals surface area contributed by atoms with Crippen LogP contribution >= 0.6 is 11.3 Å². The van der Waals surface area contributed by atoms with Crippen molar-refractivity contribution in [1.82, 2.24) is 25.3 Å². The number of hydrogen-bond acceptors (Lipinski definition) is 7. The maximum Gasteiger partial charge on any atom is 0.321 e. The van der Waals surface area contributed by atoms with E-state index in [1.54, 1.807) is 0 Å². The van der Waals surface area contributed by atoms with Gasteiger partial charge >= 0.3 is 6.03 Å². The summed E-state index contributed by atoms with van der Waals surface area (Å²) in [6, 6.07) is 0.849. The molecule has 1 saturated carbocycles. The van der Waals surface area contributed by atoms with Crippen LogP contribution in [-0.4, -0.2) is 84.4 Å². The van der Waals surface area contributed by atoms with Crippen molar-refractivity contribution in [2.75, 3.05) is 56.5 Å². The topological polar surface area (TPSA) is 76.6 Å². The Kier molecular flexibility index (Phi) is 6.09. The lowest BCUT2D eigenvalue weighted by atomic mass is 10.0. The first-order valence-corrected chi connectivity index (χ1v) is 11.1. The van der Waals surface area contributed by atoms with Crippen molar-refractivity contribution in [2.45, 2.75) is 50.6 Å². The highest BCUT2D eigenvalue weighted by Gasteiger charge is 2.28. The summed E-state index contributed by atoms with van der Waals surface area (Å²) in [6.45, 7) is 6.75. The number of hydrogen-bond donors (Lipinski definition) is 2. The number of aromatic nitrogens is 2. The molecule has 4 rings (SSSR count). The summed E-state index contributed by atoms with van der Waals surface area (Å²) in [7, 11) is 2.20. The SMILES string of the molecule is CN1CCN(C2CCN(c3nnc(NC(=O)NC4CCCC4)s3)CC2)CC1. The number of amides is 2. The summed E-state index contributed by atoms with van der Waals surface area (Å²) in [5, 5.41) is 15.8. The minimum Gasteiger partial charge on any atom is -0.346 e. The van der Waals surface area contributed by atoms with Gasteiger partial charge < -0.3 is 15.1 Å². The Morgan fingerprint density at radius 2 is 1.70 bits per heavy atom. The van der Waals surface area contributed by atoms with E-state index in [1.807, 2.05) is 0 Å². The summed E-state index contributed by atoms with van der Waals surface area (Å²) in [6.07, 6.45) is 6.92. The first kappa shape index (κ1) is 18.9. The summed E-state index contributed by atoms with van der Waals surface area (Å²) >= 11 is 1.47. The Bertz CT molecular complexity index is 617. The van der Waals surface area contributed by atoms with Gasteiger partial charge in [0.05, 0.1) is 0 Å². The van der Waals surface area contributed by atoms with Crippen LogP contribution in [-0.2, 0) is 0 Å². The molecule has 0 radical (unpaired) electrons. The lowest BCUT2D eigenvalue weighted by Crippen LogP contribution is -2.52. The number of nitrogens with one attached hydrogen (secondary N) is 2. The van der Waals surface area contributed by atoms with Crippen molar-refractivity contribution in [3.8, 4) is 0 Å². The van der Waals surface area contributed by atoms with Crippen molar-refractivity contribution in [1.29, 1.82) is 0 Å². The number of rotatable bonds is 4. The second-order valence-corrected chi connectivity index (χ2v) is 8.98. The van der Waals surface area contributed by atoms with Crippen LogP contribution in [0.15, 0.2) is 0 Å². The first-order valence-electron chi connectivity index (χ1n) is 10.3. The van der Waals surface area contributed by atoms with Gasteiger partial charge in [-0.2, -0.15) is 0 Å². The Morgan fingerprint density at radius 3 is 2.41 bits per heavy atom. The van der Waals surface area contributed by atoms with E-state index < -0.39 is 0 Å². The predicted molar refractivity (Wildman–Crippen MR) is 109 cm³/mol. The van der Waals surface area contributed by atoms with Crippen molar-refractivity contribution in [3.63, 3.8) is 0 Å². The number of nitrogens with zero attached hydrogens (tertiary/aromatic N) is 5. The van der Waals surface area contributed by atoms with Crippen molar-refractivity contribution in [3.05, 3.63) is 0 Å². The molecule has 0 unspecified atom stereocenters. The van der Waals surface area contributed by atoms with Crippen LogP contribution in [0.25, 0.3) is 0 Å². The molecule has 3 heterocycles. The van der Waals surface area contributed by atoms with Gasteiger partial charge in [-0.1, -0.05) is 24.2 Å². The number of anilines is 2.